The first kappa shape index (κ1) is 9.25. The van der Waals surface area contributed by atoms with Crippen molar-refractivity contribution in [1.29, 1.82) is 0 Å². The highest BCUT2D eigenvalue weighted by Gasteiger charge is 2.28. The summed E-state index contributed by atoms with van der Waals surface area (Å²) in [5, 5.41) is 8.25. The molecule has 1 aliphatic rings. The highest BCUT2D eigenvalue weighted by atomic mass is 32.2. The van der Waals surface area contributed by atoms with Crippen molar-refractivity contribution in [3.05, 3.63) is 11.8 Å². The van der Waals surface area contributed by atoms with Crippen molar-refractivity contribution in [1.82, 2.24) is 0 Å². The van der Waals surface area contributed by atoms with Gasteiger partial charge in [0.15, 0.2) is 15.6 Å². The maximum atomic E-state index is 11.0. The van der Waals surface area contributed by atoms with Crippen LogP contribution in [0.4, 0.5) is 0 Å². The molecule has 0 heterocycles. The summed E-state index contributed by atoms with van der Waals surface area (Å²) in [6, 6.07) is 0. The normalized spacial score (nSPS) is 25.2. The quantitative estimate of drug-likeness (QED) is 0.641. The third-order valence-corrected chi connectivity index (χ3v) is 3.34. The number of aliphatic hydroxyl groups excluding tert-OH is 1. The summed E-state index contributed by atoms with van der Waals surface area (Å²) in [6.07, 6.45) is 2.21. The average molecular weight is 190 g/mol. The first-order valence-corrected chi connectivity index (χ1v) is 5.46. The van der Waals surface area contributed by atoms with E-state index in [4.69, 9.17) is 5.11 Å². The molecule has 12 heavy (non-hydrogen) atoms. The Morgan fingerprint density at radius 2 is 2.08 bits per heavy atom. The molecular weight excluding hydrogens is 180 g/mol. The van der Waals surface area contributed by atoms with Crippen molar-refractivity contribution >= 4 is 15.6 Å². The molecule has 1 rings (SSSR count). The topological polar surface area (TPSA) is 71.4 Å². The molecule has 0 aromatic heterocycles. The second-order valence-corrected chi connectivity index (χ2v) is 5.29. The summed E-state index contributed by atoms with van der Waals surface area (Å²) in [4.78, 5) is 10.8. The van der Waals surface area contributed by atoms with Crippen LogP contribution in [0.15, 0.2) is 11.8 Å². The summed E-state index contributed by atoms with van der Waals surface area (Å²) < 4.78 is 22.0. The third-order valence-electron chi connectivity index (χ3n) is 1.80. The molecule has 0 aromatic rings. The van der Waals surface area contributed by atoms with E-state index in [1.807, 2.05) is 0 Å². The lowest BCUT2D eigenvalue weighted by molar-refractivity contribution is -0.115. The molecular formula is C7H10O4S. The lowest BCUT2D eigenvalue weighted by Gasteiger charge is -2.16. The molecule has 1 unspecified atom stereocenters. The van der Waals surface area contributed by atoms with E-state index in [0.29, 0.717) is 0 Å². The van der Waals surface area contributed by atoms with Crippen LogP contribution in [0.25, 0.3) is 0 Å². The summed E-state index contributed by atoms with van der Waals surface area (Å²) in [5.74, 6) is -0.462. The first-order chi connectivity index (χ1) is 5.39. The van der Waals surface area contributed by atoms with Gasteiger partial charge in [0.1, 0.15) is 0 Å². The highest BCUT2D eigenvalue weighted by molar-refractivity contribution is 7.91. The Labute approximate surface area is 70.8 Å². The molecule has 0 amide bonds. The Morgan fingerprint density at radius 3 is 2.50 bits per heavy atom. The van der Waals surface area contributed by atoms with Gasteiger partial charge in [-0.05, 0) is 0 Å². The predicted molar refractivity (Wildman–Crippen MR) is 43.6 cm³/mol. The van der Waals surface area contributed by atoms with E-state index in [2.05, 4.69) is 0 Å². The van der Waals surface area contributed by atoms with E-state index in [9.17, 15) is 13.2 Å². The average Bonchev–Trinajstić information content (AvgIpc) is 1.82. The maximum absolute atomic E-state index is 11.0. The number of ketones is 1. The molecule has 0 fully saturated rings. The monoisotopic (exact) mass is 190 g/mol. The number of sulfone groups is 1. The molecule has 0 radical (unpaired) electrons. The number of hydrogen-bond acceptors (Lipinski definition) is 4. The lowest BCUT2D eigenvalue weighted by atomic mass is 10.0. The van der Waals surface area contributed by atoms with Crippen molar-refractivity contribution in [2.45, 2.75) is 18.1 Å². The maximum Gasteiger partial charge on any atom is 0.160 e. The minimum Gasteiger partial charge on any atom is -0.512 e. The van der Waals surface area contributed by atoms with Gasteiger partial charge in [0, 0.05) is 25.2 Å². The van der Waals surface area contributed by atoms with E-state index in [0.717, 1.165) is 12.3 Å². The number of aliphatic hydroxyl groups is 1. The van der Waals surface area contributed by atoms with E-state index < -0.39 is 15.1 Å². The van der Waals surface area contributed by atoms with E-state index in [1.54, 1.807) is 0 Å². The van der Waals surface area contributed by atoms with Crippen LogP contribution in [0.1, 0.15) is 12.8 Å². The van der Waals surface area contributed by atoms with E-state index >= 15 is 0 Å². The van der Waals surface area contributed by atoms with Crippen molar-refractivity contribution < 1.29 is 18.3 Å². The smallest absolute Gasteiger partial charge is 0.160 e. The standard InChI is InChI=1S/C7H10O4S/c1-12(10,11)7-3-5(8)2-6(9)4-7/h2,7-8H,3-4H2,1H3. The molecule has 4 nitrogen and oxygen atoms in total. The van der Waals surface area contributed by atoms with Crippen LogP contribution >= 0.6 is 0 Å². The Bertz CT molecular complexity index is 325. The van der Waals surface area contributed by atoms with Crippen molar-refractivity contribution in [2.24, 2.45) is 0 Å². The minimum atomic E-state index is -3.21. The third kappa shape index (κ3) is 2.07. The van der Waals surface area contributed by atoms with Crippen LogP contribution < -0.4 is 0 Å². The van der Waals surface area contributed by atoms with Gasteiger partial charge in [-0.25, -0.2) is 8.42 Å². The Morgan fingerprint density at radius 1 is 1.50 bits per heavy atom. The van der Waals surface area contributed by atoms with Gasteiger partial charge in [0.2, 0.25) is 0 Å². The zero-order valence-electron chi connectivity index (χ0n) is 6.65. The number of carbonyl (C=O) groups is 1. The number of hydrogen-bond donors (Lipinski definition) is 1. The predicted octanol–water partition coefficient (Wildman–Crippen LogP) is 0.204. The van der Waals surface area contributed by atoms with Crippen molar-refractivity contribution in [3.63, 3.8) is 0 Å². The number of carbonyl (C=O) groups excluding carboxylic acids is 1. The van der Waals surface area contributed by atoms with Crippen LogP contribution in [-0.4, -0.2) is 30.8 Å². The van der Waals surface area contributed by atoms with Gasteiger partial charge in [-0.15, -0.1) is 0 Å². The molecule has 0 bridgehead atoms. The summed E-state index contributed by atoms with van der Waals surface area (Å²) in [7, 11) is -3.21. The van der Waals surface area contributed by atoms with Gasteiger partial charge in [-0.3, -0.25) is 4.79 Å². The van der Waals surface area contributed by atoms with Crippen molar-refractivity contribution in [3.8, 4) is 0 Å². The number of rotatable bonds is 1. The zero-order chi connectivity index (χ0) is 9.35. The minimum absolute atomic E-state index is 0.0110. The van der Waals surface area contributed by atoms with E-state index in [-0.39, 0.29) is 24.4 Å². The first-order valence-electron chi connectivity index (χ1n) is 3.51. The second kappa shape index (κ2) is 2.90. The van der Waals surface area contributed by atoms with Crippen molar-refractivity contribution in [2.75, 3.05) is 6.26 Å². The molecule has 0 aromatic carbocycles. The van der Waals surface area contributed by atoms with Crippen LogP contribution in [0.3, 0.4) is 0 Å². The molecule has 5 heteroatoms. The lowest BCUT2D eigenvalue weighted by Crippen LogP contribution is -2.26. The van der Waals surface area contributed by atoms with Gasteiger partial charge < -0.3 is 5.11 Å². The zero-order valence-corrected chi connectivity index (χ0v) is 7.47. The largest absolute Gasteiger partial charge is 0.512 e. The fourth-order valence-electron chi connectivity index (χ4n) is 1.14. The highest BCUT2D eigenvalue weighted by Crippen LogP contribution is 2.19. The second-order valence-electron chi connectivity index (χ2n) is 2.96. The van der Waals surface area contributed by atoms with Crippen LogP contribution in [0.2, 0.25) is 0 Å². The molecule has 1 N–H and O–H groups in total. The molecule has 0 spiro atoms. The van der Waals surface area contributed by atoms with Gasteiger partial charge in [0.05, 0.1) is 11.0 Å². The molecule has 0 aliphatic heterocycles. The number of allylic oxidation sites excluding steroid dienone is 2. The summed E-state index contributed by atoms with van der Waals surface area (Å²) in [6.45, 7) is 0. The Balaban J connectivity index is 2.89. The summed E-state index contributed by atoms with van der Waals surface area (Å²) >= 11 is 0. The fraction of sp³-hybridized carbons (Fsp3) is 0.571. The van der Waals surface area contributed by atoms with Gasteiger partial charge >= 0.3 is 0 Å². The molecule has 1 aliphatic carbocycles. The van der Waals surface area contributed by atoms with Gasteiger partial charge in [0.25, 0.3) is 0 Å². The molecule has 0 saturated carbocycles. The Kier molecular flexibility index (Phi) is 2.23. The van der Waals surface area contributed by atoms with Crippen LogP contribution in [0.5, 0.6) is 0 Å². The molecule has 68 valence electrons. The fourth-order valence-corrected chi connectivity index (χ4v) is 2.08. The SMILES string of the molecule is CS(=O)(=O)C1CC(=O)C=C(O)C1. The molecule has 0 saturated heterocycles. The van der Waals surface area contributed by atoms with Gasteiger partial charge in [-0.2, -0.15) is 0 Å². The van der Waals surface area contributed by atoms with Crippen LogP contribution in [0, 0.1) is 0 Å². The summed E-state index contributed by atoms with van der Waals surface area (Å²) in [5.41, 5.74) is 0. The molecule has 1 atom stereocenters. The Hall–Kier alpha value is -0.840. The van der Waals surface area contributed by atoms with E-state index in [1.165, 1.54) is 0 Å². The van der Waals surface area contributed by atoms with Crippen LogP contribution in [-0.2, 0) is 14.6 Å². The van der Waals surface area contributed by atoms with Gasteiger partial charge in [-0.1, -0.05) is 0 Å².